The van der Waals surface area contributed by atoms with Gasteiger partial charge in [-0.15, -0.1) is 0 Å². The lowest BCUT2D eigenvalue weighted by molar-refractivity contribution is 0.373. The second-order valence-electron chi connectivity index (χ2n) is 5.10. The molecule has 3 rings (SSSR count). The average Bonchev–Trinajstić information content (AvgIpc) is 2.83. The van der Waals surface area contributed by atoms with Crippen LogP contribution in [0.25, 0.3) is 0 Å². The maximum Gasteiger partial charge on any atom is 0.108 e. The molecular formula is C13H19NO. The van der Waals surface area contributed by atoms with Crippen molar-refractivity contribution in [2.24, 2.45) is 5.92 Å². The van der Waals surface area contributed by atoms with E-state index >= 15 is 0 Å². The minimum absolute atomic E-state index is 0.613. The summed E-state index contributed by atoms with van der Waals surface area (Å²) in [5.41, 5.74) is 0. The molecule has 1 N–H and O–H groups in total. The fourth-order valence-corrected chi connectivity index (χ4v) is 2.60. The number of piperidine rings is 1. The first kappa shape index (κ1) is 9.46. The summed E-state index contributed by atoms with van der Waals surface area (Å²) in [6.45, 7) is 4.56. The highest BCUT2D eigenvalue weighted by Crippen LogP contribution is 2.47. The smallest absolute Gasteiger partial charge is 0.108 e. The summed E-state index contributed by atoms with van der Waals surface area (Å²) in [5, 5.41) is 3.44. The number of furan rings is 1. The summed E-state index contributed by atoms with van der Waals surface area (Å²) < 4.78 is 5.98. The molecular weight excluding hydrogens is 186 g/mol. The Hall–Kier alpha value is -0.760. The van der Waals surface area contributed by atoms with Crippen LogP contribution in [0.1, 0.15) is 49.5 Å². The van der Waals surface area contributed by atoms with Crippen molar-refractivity contribution in [3.05, 3.63) is 23.7 Å². The van der Waals surface area contributed by atoms with Crippen LogP contribution in [0.3, 0.4) is 0 Å². The summed E-state index contributed by atoms with van der Waals surface area (Å²) in [7, 11) is 0. The van der Waals surface area contributed by atoms with Gasteiger partial charge in [0.2, 0.25) is 0 Å². The van der Waals surface area contributed by atoms with Gasteiger partial charge < -0.3 is 9.73 Å². The molecule has 2 aliphatic rings. The van der Waals surface area contributed by atoms with E-state index in [0.717, 1.165) is 18.4 Å². The molecule has 1 aromatic rings. The Kier molecular flexibility index (Phi) is 2.32. The van der Waals surface area contributed by atoms with Gasteiger partial charge in [0.05, 0.1) is 0 Å². The molecule has 1 aliphatic heterocycles. The molecule has 2 heterocycles. The zero-order valence-electron chi connectivity index (χ0n) is 9.33. The Morgan fingerprint density at radius 1 is 1.33 bits per heavy atom. The van der Waals surface area contributed by atoms with Crippen LogP contribution in [0.2, 0.25) is 0 Å². The van der Waals surface area contributed by atoms with E-state index in [2.05, 4.69) is 24.4 Å². The van der Waals surface area contributed by atoms with Crippen molar-refractivity contribution in [2.45, 2.75) is 38.0 Å². The van der Waals surface area contributed by atoms with E-state index in [4.69, 9.17) is 4.42 Å². The van der Waals surface area contributed by atoms with Crippen molar-refractivity contribution in [2.75, 3.05) is 13.1 Å². The van der Waals surface area contributed by atoms with Gasteiger partial charge in [-0.25, -0.2) is 0 Å². The number of rotatable bonds is 2. The molecule has 1 aliphatic carbocycles. The summed E-state index contributed by atoms with van der Waals surface area (Å²) >= 11 is 0. The van der Waals surface area contributed by atoms with Crippen molar-refractivity contribution in [3.8, 4) is 0 Å². The first-order chi connectivity index (χ1) is 7.34. The number of hydrogen-bond acceptors (Lipinski definition) is 2. The van der Waals surface area contributed by atoms with Gasteiger partial charge in [0.1, 0.15) is 11.5 Å². The van der Waals surface area contributed by atoms with E-state index in [-0.39, 0.29) is 0 Å². The number of hydrogen-bond donors (Lipinski definition) is 1. The third-order valence-electron chi connectivity index (χ3n) is 3.82. The molecule has 0 radical (unpaired) electrons. The van der Waals surface area contributed by atoms with Gasteiger partial charge in [-0.1, -0.05) is 6.92 Å². The van der Waals surface area contributed by atoms with Crippen LogP contribution < -0.4 is 5.32 Å². The zero-order chi connectivity index (χ0) is 10.3. The van der Waals surface area contributed by atoms with Crippen LogP contribution in [-0.2, 0) is 0 Å². The van der Waals surface area contributed by atoms with Crippen LogP contribution in [0.15, 0.2) is 16.5 Å². The second kappa shape index (κ2) is 3.67. The second-order valence-corrected chi connectivity index (χ2v) is 5.10. The fourth-order valence-electron chi connectivity index (χ4n) is 2.60. The lowest BCUT2D eigenvalue weighted by Gasteiger charge is -2.20. The van der Waals surface area contributed by atoms with Gasteiger partial charge in [0.25, 0.3) is 0 Å². The monoisotopic (exact) mass is 205 g/mol. The molecule has 0 spiro atoms. The SMILES string of the molecule is CC1CC1c1ccc(C2CCCNC2)o1. The Balaban J connectivity index is 1.72. The maximum atomic E-state index is 5.98. The zero-order valence-corrected chi connectivity index (χ0v) is 9.33. The predicted octanol–water partition coefficient (Wildman–Crippen LogP) is 2.87. The van der Waals surface area contributed by atoms with E-state index in [1.807, 2.05) is 0 Å². The van der Waals surface area contributed by atoms with E-state index in [1.165, 1.54) is 37.3 Å². The molecule has 1 saturated heterocycles. The Morgan fingerprint density at radius 2 is 2.13 bits per heavy atom. The van der Waals surface area contributed by atoms with Crippen molar-refractivity contribution in [3.63, 3.8) is 0 Å². The van der Waals surface area contributed by atoms with Gasteiger partial charge >= 0.3 is 0 Å². The molecule has 1 aromatic heterocycles. The van der Waals surface area contributed by atoms with E-state index in [9.17, 15) is 0 Å². The molecule has 82 valence electrons. The van der Waals surface area contributed by atoms with Gasteiger partial charge in [-0.05, 0) is 43.9 Å². The first-order valence-corrected chi connectivity index (χ1v) is 6.15. The van der Waals surface area contributed by atoms with Crippen molar-refractivity contribution in [1.82, 2.24) is 5.32 Å². The largest absolute Gasteiger partial charge is 0.465 e. The molecule has 3 unspecified atom stereocenters. The summed E-state index contributed by atoms with van der Waals surface area (Å²) in [4.78, 5) is 0. The van der Waals surface area contributed by atoms with Gasteiger partial charge in [0, 0.05) is 18.4 Å². The summed E-state index contributed by atoms with van der Waals surface area (Å²) in [5.74, 6) is 4.60. The van der Waals surface area contributed by atoms with Gasteiger partial charge in [0.15, 0.2) is 0 Å². The van der Waals surface area contributed by atoms with E-state index in [0.29, 0.717) is 5.92 Å². The quantitative estimate of drug-likeness (QED) is 0.803. The molecule has 2 fully saturated rings. The summed E-state index contributed by atoms with van der Waals surface area (Å²) in [6, 6.07) is 4.39. The highest BCUT2D eigenvalue weighted by molar-refractivity contribution is 5.19. The lowest BCUT2D eigenvalue weighted by atomic mass is 9.97. The van der Waals surface area contributed by atoms with Crippen LogP contribution >= 0.6 is 0 Å². The minimum Gasteiger partial charge on any atom is -0.465 e. The van der Waals surface area contributed by atoms with Crippen LogP contribution in [-0.4, -0.2) is 13.1 Å². The molecule has 0 amide bonds. The average molecular weight is 205 g/mol. The third kappa shape index (κ3) is 1.83. The van der Waals surface area contributed by atoms with Crippen LogP contribution in [0.4, 0.5) is 0 Å². The maximum absolute atomic E-state index is 5.98. The first-order valence-electron chi connectivity index (χ1n) is 6.15. The highest BCUT2D eigenvalue weighted by atomic mass is 16.3. The number of nitrogens with one attached hydrogen (secondary N) is 1. The fraction of sp³-hybridized carbons (Fsp3) is 0.692. The standard InChI is InChI=1S/C13H19NO/c1-9-7-11(9)13-5-4-12(15-13)10-3-2-6-14-8-10/h4-5,9-11,14H,2-3,6-8H2,1H3. The van der Waals surface area contributed by atoms with Gasteiger partial charge in [-0.3, -0.25) is 0 Å². The van der Waals surface area contributed by atoms with Crippen LogP contribution in [0, 0.1) is 5.92 Å². The van der Waals surface area contributed by atoms with E-state index < -0.39 is 0 Å². The molecule has 1 saturated carbocycles. The molecule has 3 atom stereocenters. The normalized spacial score (nSPS) is 35.4. The topological polar surface area (TPSA) is 25.2 Å². The van der Waals surface area contributed by atoms with Crippen molar-refractivity contribution < 1.29 is 4.42 Å². The summed E-state index contributed by atoms with van der Waals surface area (Å²) in [6.07, 6.45) is 3.87. The predicted molar refractivity (Wildman–Crippen MR) is 60.1 cm³/mol. The van der Waals surface area contributed by atoms with Crippen molar-refractivity contribution >= 4 is 0 Å². The molecule has 15 heavy (non-hydrogen) atoms. The molecule has 0 bridgehead atoms. The Labute approximate surface area is 91.0 Å². The Morgan fingerprint density at radius 3 is 2.80 bits per heavy atom. The Bertz CT molecular complexity index is 338. The lowest BCUT2D eigenvalue weighted by Crippen LogP contribution is -2.28. The highest BCUT2D eigenvalue weighted by Gasteiger charge is 2.37. The molecule has 0 aromatic carbocycles. The van der Waals surface area contributed by atoms with E-state index in [1.54, 1.807) is 0 Å². The molecule has 2 nitrogen and oxygen atoms in total. The van der Waals surface area contributed by atoms with Crippen LogP contribution in [0.5, 0.6) is 0 Å². The van der Waals surface area contributed by atoms with Crippen molar-refractivity contribution in [1.29, 1.82) is 0 Å². The van der Waals surface area contributed by atoms with Gasteiger partial charge in [-0.2, -0.15) is 0 Å². The minimum atomic E-state index is 0.613. The third-order valence-corrected chi connectivity index (χ3v) is 3.82. The molecule has 2 heteroatoms.